The molecule has 1 saturated carbocycles. The van der Waals surface area contributed by atoms with E-state index in [1.807, 2.05) is 12.1 Å². The van der Waals surface area contributed by atoms with E-state index < -0.39 is 11.6 Å². The van der Waals surface area contributed by atoms with E-state index in [1.54, 1.807) is 13.2 Å². The van der Waals surface area contributed by atoms with Crippen LogP contribution in [0.3, 0.4) is 0 Å². The summed E-state index contributed by atoms with van der Waals surface area (Å²) in [6, 6.07) is 8.13. The van der Waals surface area contributed by atoms with Gasteiger partial charge in [0.1, 0.15) is 18.0 Å². The van der Waals surface area contributed by atoms with Gasteiger partial charge in [-0.1, -0.05) is 11.6 Å². The first-order valence-electron chi connectivity index (χ1n) is 12.2. The van der Waals surface area contributed by atoms with Gasteiger partial charge in [0.05, 0.1) is 44.0 Å². The number of fused-ring (bicyclic) bond motifs is 2. The van der Waals surface area contributed by atoms with Crippen molar-refractivity contribution >= 4 is 34.0 Å². The normalized spacial score (nSPS) is 24.0. The summed E-state index contributed by atoms with van der Waals surface area (Å²) in [5, 5.41) is 7.45. The molecule has 2 saturated heterocycles. The van der Waals surface area contributed by atoms with E-state index in [1.165, 1.54) is 18.5 Å². The summed E-state index contributed by atoms with van der Waals surface area (Å²) < 4.78 is 37.4. The quantitative estimate of drug-likeness (QED) is 0.419. The number of ether oxygens (including phenoxy) is 4. The fourth-order valence-corrected chi connectivity index (χ4v) is 5.89. The lowest BCUT2D eigenvalue weighted by Crippen LogP contribution is -2.41. The number of rotatable bonds is 8. The van der Waals surface area contributed by atoms with Gasteiger partial charge in [-0.2, -0.15) is 0 Å². The zero-order valence-corrected chi connectivity index (χ0v) is 20.7. The molecule has 2 N–H and O–H groups in total. The molecule has 1 aliphatic carbocycles. The molecule has 3 heterocycles. The van der Waals surface area contributed by atoms with Crippen LogP contribution in [0.1, 0.15) is 19.3 Å². The highest BCUT2D eigenvalue weighted by Crippen LogP contribution is 2.65. The summed E-state index contributed by atoms with van der Waals surface area (Å²) in [5.41, 5.74) is 1.42. The Bertz CT molecular complexity index is 1280. The third kappa shape index (κ3) is 4.04. The van der Waals surface area contributed by atoms with Gasteiger partial charge in [-0.25, -0.2) is 14.4 Å². The highest BCUT2D eigenvalue weighted by Gasteiger charge is 2.71. The molecule has 0 amide bonds. The summed E-state index contributed by atoms with van der Waals surface area (Å²) in [6.07, 6.45) is 4.55. The number of hydrogen-bond donors (Lipinski definition) is 2. The van der Waals surface area contributed by atoms with E-state index in [2.05, 4.69) is 20.6 Å². The van der Waals surface area contributed by atoms with Gasteiger partial charge in [-0.3, -0.25) is 0 Å². The molecule has 2 unspecified atom stereocenters. The van der Waals surface area contributed by atoms with Gasteiger partial charge in [0.15, 0.2) is 17.3 Å². The van der Waals surface area contributed by atoms with Crippen molar-refractivity contribution in [1.29, 1.82) is 0 Å². The summed E-state index contributed by atoms with van der Waals surface area (Å²) in [5.74, 6) is 1.44. The van der Waals surface area contributed by atoms with Crippen LogP contribution in [0.15, 0.2) is 36.7 Å². The minimum absolute atomic E-state index is 0.0341. The van der Waals surface area contributed by atoms with Crippen LogP contribution < -0.4 is 20.1 Å². The van der Waals surface area contributed by atoms with Crippen LogP contribution in [-0.4, -0.2) is 55.8 Å². The van der Waals surface area contributed by atoms with Crippen LogP contribution in [0.25, 0.3) is 10.9 Å². The minimum atomic E-state index is -0.477. The van der Waals surface area contributed by atoms with Gasteiger partial charge in [0.25, 0.3) is 0 Å². The summed E-state index contributed by atoms with van der Waals surface area (Å²) in [7, 11) is 1.61. The zero-order valence-electron chi connectivity index (χ0n) is 20.0. The van der Waals surface area contributed by atoms with E-state index in [4.69, 9.17) is 30.5 Å². The van der Waals surface area contributed by atoms with Crippen molar-refractivity contribution < 1.29 is 23.3 Å². The summed E-state index contributed by atoms with van der Waals surface area (Å²) >= 11 is 5.93. The molecule has 8 nitrogen and oxygen atoms in total. The number of halogens is 2. The molecule has 3 aliphatic rings. The Hall–Kier alpha value is -2.72. The Kier molecular flexibility index (Phi) is 6.11. The Morgan fingerprint density at radius 2 is 2.03 bits per heavy atom. The Morgan fingerprint density at radius 1 is 1.17 bits per heavy atom. The topological polar surface area (TPSA) is 86.8 Å². The van der Waals surface area contributed by atoms with Gasteiger partial charge < -0.3 is 29.6 Å². The predicted molar refractivity (Wildman–Crippen MR) is 134 cm³/mol. The molecule has 0 bridgehead atoms. The zero-order chi connectivity index (χ0) is 24.8. The molecule has 190 valence electrons. The van der Waals surface area contributed by atoms with Crippen molar-refractivity contribution in [3.05, 3.63) is 47.5 Å². The second-order valence-corrected chi connectivity index (χ2v) is 10.0. The lowest BCUT2D eigenvalue weighted by atomic mass is 9.94. The number of hydrogen-bond acceptors (Lipinski definition) is 8. The fourth-order valence-electron chi connectivity index (χ4n) is 5.71. The lowest BCUT2D eigenvalue weighted by molar-refractivity contribution is -0.183. The standard InChI is InChI=1S/C26H28ClFN4O4/c1-33-22-11-21-18(24(31-15-30-21)32-17-4-5-20(28)19(27)9-17)10-23(22)34-6-2-3-16-12-25(16)13-29-14-26(25)35-7-8-36-26/h4-5,9-11,15-16,29H,2-3,6-8,12-14H2,1H3,(H,30,31,32). The van der Waals surface area contributed by atoms with Gasteiger partial charge in [-0.05, 0) is 49.4 Å². The SMILES string of the molecule is COc1cc2ncnc(Nc3ccc(F)c(Cl)c3)c2cc1OCCCC1CC12CNCC21OCCO1. The Labute approximate surface area is 213 Å². The first-order valence-corrected chi connectivity index (χ1v) is 12.6. The van der Waals surface area contributed by atoms with Gasteiger partial charge >= 0.3 is 0 Å². The number of aromatic nitrogens is 2. The third-order valence-electron chi connectivity index (χ3n) is 7.60. The maximum absolute atomic E-state index is 13.6. The molecule has 0 radical (unpaired) electrons. The molecular weight excluding hydrogens is 487 g/mol. The van der Waals surface area contributed by atoms with Crippen molar-refractivity contribution in [3.8, 4) is 11.5 Å². The number of nitrogens with one attached hydrogen (secondary N) is 2. The molecule has 2 spiro atoms. The molecule has 2 atom stereocenters. The van der Waals surface area contributed by atoms with Crippen LogP contribution in [0.2, 0.25) is 5.02 Å². The lowest BCUT2D eigenvalue weighted by Gasteiger charge is -2.29. The second kappa shape index (κ2) is 9.30. The van der Waals surface area contributed by atoms with E-state index in [0.717, 1.165) is 37.7 Å². The molecule has 3 aromatic rings. The maximum atomic E-state index is 13.6. The third-order valence-corrected chi connectivity index (χ3v) is 7.89. The molecular formula is C26H28ClFN4O4. The Balaban J connectivity index is 1.14. The number of nitrogens with zero attached hydrogens (tertiary/aromatic N) is 2. The van der Waals surface area contributed by atoms with Crippen molar-refractivity contribution in [2.45, 2.75) is 25.0 Å². The van der Waals surface area contributed by atoms with E-state index >= 15 is 0 Å². The highest BCUT2D eigenvalue weighted by atomic mass is 35.5. The van der Waals surface area contributed by atoms with Crippen LogP contribution in [0.4, 0.5) is 15.9 Å². The monoisotopic (exact) mass is 514 g/mol. The average molecular weight is 515 g/mol. The molecule has 3 fully saturated rings. The predicted octanol–water partition coefficient (Wildman–Crippen LogP) is 4.69. The first-order chi connectivity index (χ1) is 17.5. The summed E-state index contributed by atoms with van der Waals surface area (Å²) in [4.78, 5) is 8.74. The van der Waals surface area contributed by atoms with Gasteiger partial charge in [-0.15, -0.1) is 0 Å². The van der Waals surface area contributed by atoms with Crippen molar-refractivity contribution in [1.82, 2.24) is 15.3 Å². The summed E-state index contributed by atoms with van der Waals surface area (Å²) in [6.45, 7) is 3.63. The van der Waals surface area contributed by atoms with Gasteiger partial charge in [0, 0.05) is 29.1 Å². The largest absolute Gasteiger partial charge is 0.493 e. The van der Waals surface area contributed by atoms with Crippen LogP contribution in [-0.2, 0) is 9.47 Å². The molecule has 6 rings (SSSR count). The Morgan fingerprint density at radius 3 is 2.83 bits per heavy atom. The van der Waals surface area contributed by atoms with Crippen molar-refractivity contribution in [2.75, 3.05) is 45.3 Å². The van der Waals surface area contributed by atoms with Crippen molar-refractivity contribution in [2.24, 2.45) is 11.3 Å². The van der Waals surface area contributed by atoms with Gasteiger partial charge in [0.2, 0.25) is 0 Å². The molecule has 36 heavy (non-hydrogen) atoms. The fraction of sp³-hybridized carbons (Fsp3) is 0.462. The maximum Gasteiger partial charge on any atom is 0.188 e. The number of methoxy groups -OCH3 is 1. The number of anilines is 2. The van der Waals surface area contributed by atoms with Crippen LogP contribution in [0.5, 0.6) is 11.5 Å². The second-order valence-electron chi connectivity index (χ2n) is 9.60. The minimum Gasteiger partial charge on any atom is -0.493 e. The van der Waals surface area contributed by atoms with Crippen LogP contribution >= 0.6 is 11.6 Å². The smallest absolute Gasteiger partial charge is 0.188 e. The van der Waals surface area contributed by atoms with E-state index in [-0.39, 0.29) is 10.4 Å². The van der Waals surface area contributed by atoms with Crippen molar-refractivity contribution in [3.63, 3.8) is 0 Å². The average Bonchev–Trinajstić information content (AvgIpc) is 3.21. The molecule has 2 aromatic carbocycles. The van der Waals surface area contributed by atoms with Crippen LogP contribution in [0, 0.1) is 17.2 Å². The molecule has 10 heteroatoms. The molecule has 1 aromatic heterocycles. The van der Waals surface area contributed by atoms with E-state index in [0.29, 0.717) is 54.3 Å². The highest BCUT2D eigenvalue weighted by molar-refractivity contribution is 6.31. The first kappa shape index (κ1) is 23.7. The van der Waals surface area contributed by atoms with E-state index in [9.17, 15) is 4.39 Å². The molecule has 2 aliphatic heterocycles. The number of benzene rings is 2.